The summed E-state index contributed by atoms with van der Waals surface area (Å²) >= 11 is 60.6. The molecule has 10 rings (SSSR count). The van der Waals surface area contributed by atoms with Crippen molar-refractivity contribution in [3.05, 3.63) is 161 Å². The van der Waals surface area contributed by atoms with Crippen LogP contribution >= 0.6 is 116 Å². The van der Waals surface area contributed by atoms with Crippen molar-refractivity contribution in [2.45, 2.75) is 206 Å². The molecule has 5 aromatic carbocycles. The molecule has 0 atom stereocenters. The third kappa shape index (κ3) is 23.8. The number of nitrogens with one attached hydrogen (secondary N) is 2. The summed E-state index contributed by atoms with van der Waals surface area (Å²) in [5, 5.41) is 59.6. The van der Waals surface area contributed by atoms with Crippen LogP contribution in [0.1, 0.15) is 196 Å². The van der Waals surface area contributed by atoms with E-state index in [1.54, 1.807) is 25.3 Å². The number of benzene rings is 5. The molecule has 636 valence electrons. The van der Waals surface area contributed by atoms with E-state index >= 15 is 0 Å². The molecule has 5 aromatic heterocycles. The number of nitrogens with zero attached hydrogens (tertiary/aromatic N) is 13. The Morgan fingerprint density at radius 3 is 0.991 bits per heavy atom. The fourth-order valence-corrected chi connectivity index (χ4v) is 15.7. The predicted octanol–water partition coefficient (Wildman–Crippen LogP) is 19.1. The van der Waals surface area contributed by atoms with Gasteiger partial charge in [-0.05, 0) is 169 Å². The number of phenolic OH excluding ortho intramolecular Hbond substituents is 5. The quantitative estimate of drug-likeness (QED) is 0.0214. The van der Waals surface area contributed by atoms with Crippen LogP contribution in [-0.4, -0.2) is 141 Å². The second kappa shape index (κ2) is 45.2. The summed E-state index contributed by atoms with van der Waals surface area (Å²) < 4.78 is 7.96. The molecular weight excluding hydrogens is 1700 g/mol. The Bertz CT molecular complexity index is 5430. The van der Waals surface area contributed by atoms with E-state index in [1.165, 1.54) is 34.9 Å². The molecule has 0 fully saturated rings. The zero-order valence-corrected chi connectivity index (χ0v) is 76.3. The monoisotopic (exact) mass is 1800 g/mol. The van der Waals surface area contributed by atoms with Crippen molar-refractivity contribution in [3.8, 4) is 28.7 Å². The van der Waals surface area contributed by atoms with Gasteiger partial charge in [-0.1, -0.05) is 185 Å². The number of aromatic nitrogens is 10. The summed E-state index contributed by atoms with van der Waals surface area (Å²) in [5.74, 6) is 2.12. The van der Waals surface area contributed by atoms with Crippen LogP contribution < -0.4 is 38.4 Å². The number of fused-ring (bicyclic) bond motifs is 5. The molecule has 5 heterocycles. The highest BCUT2D eigenvalue weighted by molar-refractivity contribution is 6.42. The minimum atomic E-state index is -0.291. The molecule has 25 nitrogen and oxygen atoms in total. The maximum Gasteiger partial charge on any atom is 0.263 e. The summed E-state index contributed by atoms with van der Waals surface area (Å²) in [7, 11) is 3.62. The molecule has 10 aromatic rings. The molecule has 0 aliphatic carbocycles. The van der Waals surface area contributed by atoms with Crippen LogP contribution in [0.5, 0.6) is 28.7 Å². The van der Waals surface area contributed by atoms with Crippen LogP contribution in [0.3, 0.4) is 0 Å². The summed E-state index contributed by atoms with van der Waals surface area (Å²) in [4.78, 5) is 93.2. The molecule has 0 bridgehead atoms. The van der Waals surface area contributed by atoms with Crippen molar-refractivity contribution in [2.75, 3.05) is 52.9 Å². The maximum absolute atomic E-state index is 13.1. The molecule has 0 saturated heterocycles. The Morgan fingerprint density at radius 1 is 0.371 bits per heavy atom. The van der Waals surface area contributed by atoms with E-state index in [-0.39, 0.29) is 185 Å². The van der Waals surface area contributed by atoms with Crippen LogP contribution in [0.4, 0.5) is 0 Å². The molecule has 7 N–H and O–H groups in total. The Hall–Kier alpha value is -6.50. The van der Waals surface area contributed by atoms with Gasteiger partial charge in [0, 0.05) is 31.7 Å². The smallest absolute Gasteiger partial charge is 0.263 e. The normalized spacial score (nSPS) is 11.7. The second-order valence-corrected chi connectivity index (χ2v) is 33.4. The van der Waals surface area contributed by atoms with Gasteiger partial charge in [-0.3, -0.25) is 61.5 Å². The average Bonchev–Trinajstić information content (AvgIpc) is 0.771. The Morgan fingerprint density at radius 2 is 0.672 bits per heavy atom. The minimum absolute atomic E-state index is 0.0709. The lowest BCUT2D eigenvalue weighted by Gasteiger charge is -2.24. The number of halogens is 10. The van der Waals surface area contributed by atoms with Crippen molar-refractivity contribution >= 4 is 171 Å². The van der Waals surface area contributed by atoms with Gasteiger partial charge in [0.25, 0.3) is 27.8 Å². The third-order valence-electron chi connectivity index (χ3n) is 18.4. The van der Waals surface area contributed by atoms with Gasteiger partial charge in [0.15, 0.2) is 28.7 Å². The summed E-state index contributed by atoms with van der Waals surface area (Å²) in [5.41, 5.74) is -0.540. The van der Waals surface area contributed by atoms with E-state index in [2.05, 4.69) is 106 Å². The van der Waals surface area contributed by atoms with Gasteiger partial charge in [-0.2, -0.15) is 0 Å². The third-order valence-corrected chi connectivity index (χ3v) is 21.4. The van der Waals surface area contributed by atoms with E-state index in [0.717, 1.165) is 90.8 Å². The molecule has 0 unspecified atom stereocenters. The summed E-state index contributed by atoms with van der Waals surface area (Å²) in [6, 6.07) is 6.64. The highest BCUT2D eigenvalue weighted by Gasteiger charge is 2.27. The Balaban J connectivity index is 0.000000226. The largest absolute Gasteiger partial charge is 0.504 e. The second-order valence-electron chi connectivity index (χ2n) is 29.3. The first-order valence-corrected chi connectivity index (χ1v) is 42.6. The van der Waals surface area contributed by atoms with Crippen molar-refractivity contribution in [1.82, 2.24) is 73.1 Å². The molecule has 0 spiro atoms. The summed E-state index contributed by atoms with van der Waals surface area (Å²) in [6.45, 7) is 39.4. The van der Waals surface area contributed by atoms with E-state index in [1.807, 2.05) is 55.5 Å². The molecule has 116 heavy (non-hydrogen) atoms. The molecular formula is C81H107Cl10N15O10. The zero-order chi connectivity index (χ0) is 86.8. The van der Waals surface area contributed by atoms with E-state index in [0.29, 0.717) is 68.4 Å². The Labute approximate surface area is 725 Å². The van der Waals surface area contributed by atoms with Crippen LogP contribution in [0.25, 0.3) is 54.5 Å². The van der Waals surface area contributed by atoms with Crippen molar-refractivity contribution < 1.29 is 25.5 Å². The van der Waals surface area contributed by atoms with E-state index in [9.17, 15) is 49.5 Å². The number of phenols is 5. The first kappa shape index (κ1) is 98.3. The van der Waals surface area contributed by atoms with Crippen molar-refractivity contribution in [2.24, 2.45) is 13.0 Å². The average molecular weight is 1810 g/mol. The highest BCUT2D eigenvalue weighted by Crippen LogP contribution is 2.40. The maximum atomic E-state index is 13.1. The fraction of sp³-hybridized carbons (Fsp3) is 0.506. The van der Waals surface area contributed by atoms with Crippen molar-refractivity contribution in [3.63, 3.8) is 0 Å². The van der Waals surface area contributed by atoms with Gasteiger partial charge in [0.1, 0.15) is 56.7 Å². The number of aromatic hydroxyl groups is 5. The standard InChI is InChI=1S/C19H27Cl2N3O2.C18H25Cl2N3O2.2C15H19Cl2N3O2.C14H17Cl2N3O2/c1-5-7-23(8-6-2)11-15-22-17-16(13(20)9-14(21)18(17)25)19(26)24(15)10-12(3)4;1-5-7-22(8-6-2)10-14-21-16-15(18(25)23(14)11(3)4)12(19)9-13(20)17(16)24;1-4-5-18-7-11-19-13-12(15(22)20(11)8(2)3)9(16)6-10(17)14(13)21;1-4-5-6-19(2)8-11-18-13-12(15(22)20(11)3)9(16)7-10(17)14(13)21;1-4-17-6-10-18-12-11(14(21)19(10)7(2)3)8(15)5-9(16)13(12)20/h9,12,25H,5-8,10-11H2,1-4H3;9,11,24H,5-8,10H2,1-4H3;6,8,18,21H,4-5,7H2,1-3H3;7,21H,4-6,8H2,1-3H3;5,7,17,20H,4,6H2,1-3H3. The summed E-state index contributed by atoms with van der Waals surface area (Å²) in [6.07, 6.45) is 7.21. The van der Waals surface area contributed by atoms with Crippen LogP contribution in [0.15, 0.2) is 54.3 Å². The molecule has 35 heteroatoms. The SMILES string of the molecule is CCCCN(C)Cc1nc2c(O)c(Cl)cc(Cl)c2c(=O)n1C.CCCN(CCC)Cc1nc2c(O)c(Cl)cc(Cl)c2c(=O)n1C(C)C.CCCN(CCC)Cc1nc2c(O)c(Cl)cc(Cl)c2c(=O)n1CC(C)C.CCCNCc1nc2c(O)c(Cl)cc(Cl)c2c(=O)n1C(C)C.CCNCc1nc2c(O)c(Cl)cc(Cl)c2c(=O)n1C(C)C. The van der Waals surface area contributed by atoms with Gasteiger partial charge >= 0.3 is 0 Å². The lowest BCUT2D eigenvalue weighted by Crippen LogP contribution is -2.33. The van der Waals surface area contributed by atoms with Gasteiger partial charge in [-0.25, -0.2) is 24.9 Å². The van der Waals surface area contributed by atoms with Crippen LogP contribution in [0.2, 0.25) is 50.2 Å². The molecule has 0 amide bonds. The molecule has 0 saturated carbocycles. The minimum Gasteiger partial charge on any atom is -0.504 e. The number of rotatable bonds is 29. The van der Waals surface area contributed by atoms with E-state index < -0.39 is 0 Å². The molecule has 0 aliphatic heterocycles. The van der Waals surface area contributed by atoms with Crippen LogP contribution in [0, 0.1) is 5.92 Å². The molecule has 0 radical (unpaired) electrons. The molecule has 0 aliphatic rings. The van der Waals surface area contributed by atoms with Gasteiger partial charge in [0.2, 0.25) is 0 Å². The van der Waals surface area contributed by atoms with Crippen molar-refractivity contribution in [1.29, 1.82) is 0 Å². The van der Waals surface area contributed by atoms with E-state index in [4.69, 9.17) is 116 Å². The number of unbranched alkanes of at least 4 members (excludes halogenated alkanes) is 1. The Kier molecular flexibility index (Phi) is 38.3. The van der Waals surface area contributed by atoms with Gasteiger partial charge < -0.3 is 36.2 Å². The lowest BCUT2D eigenvalue weighted by atomic mass is 10.2. The van der Waals surface area contributed by atoms with Crippen LogP contribution in [-0.2, 0) is 46.3 Å². The zero-order valence-electron chi connectivity index (χ0n) is 68.7. The first-order chi connectivity index (χ1) is 54.7. The number of hydrogen-bond donors (Lipinski definition) is 7. The van der Waals surface area contributed by atoms with Gasteiger partial charge in [-0.15, -0.1) is 0 Å². The predicted molar refractivity (Wildman–Crippen MR) is 478 cm³/mol. The first-order valence-electron chi connectivity index (χ1n) is 38.8. The number of hydrogen-bond acceptors (Lipinski definition) is 20. The lowest BCUT2D eigenvalue weighted by molar-refractivity contribution is 0.252. The highest BCUT2D eigenvalue weighted by atomic mass is 35.5. The van der Waals surface area contributed by atoms with Gasteiger partial charge in [0.05, 0.1) is 110 Å². The topological polar surface area (TPSA) is 309 Å². The fourth-order valence-electron chi connectivity index (χ4n) is 13.1.